The van der Waals surface area contributed by atoms with E-state index in [2.05, 4.69) is 15.5 Å². The van der Waals surface area contributed by atoms with Gasteiger partial charge in [0.25, 0.3) is 0 Å². The van der Waals surface area contributed by atoms with Crippen LogP contribution in [-0.2, 0) is 4.79 Å². The van der Waals surface area contributed by atoms with E-state index in [1.54, 1.807) is 0 Å². The molecular formula is C10H18ClN3O2S. The summed E-state index contributed by atoms with van der Waals surface area (Å²) in [7, 11) is 0. The molecule has 1 aliphatic rings. The van der Waals surface area contributed by atoms with Gasteiger partial charge in [0.2, 0.25) is 5.91 Å². The Balaban J connectivity index is 2.05. The molecule has 17 heavy (non-hydrogen) atoms. The molecule has 1 aliphatic heterocycles. The Kier molecular flexibility index (Phi) is 7.39. The fourth-order valence-electron chi connectivity index (χ4n) is 1.47. The van der Waals surface area contributed by atoms with E-state index in [9.17, 15) is 9.59 Å². The summed E-state index contributed by atoms with van der Waals surface area (Å²) in [6.45, 7) is 3.53. The van der Waals surface area contributed by atoms with Gasteiger partial charge in [-0.3, -0.25) is 15.0 Å². The van der Waals surface area contributed by atoms with Crippen LogP contribution in [0.1, 0.15) is 6.42 Å². The van der Waals surface area contributed by atoms with Crippen LogP contribution in [0.2, 0.25) is 0 Å². The SMILES string of the molecule is O=C(CCCl)NC(=O)NCCN1CCSCC1. The van der Waals surface area contributed by atoms with Gasteiger partial charge in [0.1, 0.15) is 0 Å². The predicted molar refractivity (Wildman–Crippen MR) is 70.6 cm³/mol. The maximum atomic E-state index is 11.3. The molecule has 3 amide bonds. The first-order chi connectivity index (χ1) is 8.22. The summed E-state index contributed by atoms with van der Waals surface area (Å²) >= 11 is 7.34. The monoisotopic (exact) mass is 279 g/mol. The summed E-state index contributed by atoms with van der Waals surface area (Å²) in [6.07, 6.45) is 0.165. The number of thioether (sulfide) groups is 1. The van der Waals surface area contributed by atoms with E-state index in [4.69, 9.17) is 11.6 Å². The van der Waals surface area contributed by atoms with E-state index in [0.717, 1.165) is 31.1 Å². The van der Waals surface area contributed by atoms with E-state index in [1.165, 1.54) is 0 Å². The first-order valence-corrected chi connectivity index (χ1v) is 7.35. The number of nitrogens with zero attached hydrogens (tertiary/aromatic N) is 1. The second-order valence-electron chi connectivity index (χ2n) is 3.70. The van der Waals surface area contributed by atoms with Gasteiger partial charge in [-0.25, -0.2) is 4.79 Å². The molecular weight excluding hydrogens is 262 g/mol. The van der Waals surface area contributed by atoms with Gasteiger partial charge in [0, 0.05) is 50.0 Å². The molecule has 0 bridgehead atoms. The molecule has 98 valence electrons. The number of rotatable bonds is 5. The molecule has 0 saturated carbocycles. The van der Waals surface area contributed by atoms with Crippen LogP contribution in [0.5, 0.6) is 0 Å². The van der Waals surface area contributed by atoms with Gasteiger partial charge in [-0.1, -0.05) is 0 Å². The van der Waals surface area contributed by atoms with E-state index < -0.39 is 6.03 Å². The topological polar surface area (TPSA) is 61.4 Å². The summed E-state index contributed by atoms with van der Waals surface area (Å²) in [4.78, 5) is 24.6. The van der Waals surface area contributed by atoms with Crippen molar-refractivity contribution in [2.45, 2.75) is 6.42 Å². The number of alkyl halides is 1. The zero-order valence-electron chi connectivity index (χ0n) is 9.71. The lowest BCUT2D eigenvalue weighted by molar-refractivity contribution is -0.119. The highest BCUT2D eigenvalue weighted by Gasteiger charge is 2.10. The Morgan fingerprint density at radius 2 is 2.00 bits per heavy atom. The van der Waals surface area contributed by atoms with Gasteiger partial charge in [0.05, 0.1) is 0 Å². The lowest BCUT2D eigenvalue weighted by Gasteiger charge is -2.25. The van der Waals surface area contributed by atoms with Crippen molar-refractivity contribution in [3.63, 3.8) is 0 Å². The van der Waals surface area contributed by atoms with Gasteiger partial charge in [-0.2, -0.15) is 11.8 Å². The highest BCUT2D eigenvalue weighted by atomic mass is 35.5. The van der Waals surface area contributed by atoms with Crippen LogP contribution in [0.15, 0.2) is 0 Å². The van der Waals surface area contributed by atoms with Crippen molar-refractivity contribution in [2.24, 2.45) is 0 Å². The number of halogens is 1. The van der Waals surface area contributed by atoms with Crippen LogP contribution in [0.4, 0.5) is 4.79 Å². The molecule has 0 aromatic carbocycles. The smallest absolute Gasteiger partial charge is 0.321 e. The number of carbonyl (C=O) groups is 2. The maximum absolute atomic E-state index is 11.3. The first kappa shape index (κ1) is 14.6. The summed E-state index contributed by atoms with van der Waals surface area (Å²) in [6, 6.07) is -0.438. The van der Waals surface area contributed by atoms with Crippen molar-refractivity contribution in [3.8, 4) is 0 Å². The minimum atomic E-state index is -0.438. The maximum Gasteiger partial charge on any atom is 0.321 e. The molecule has 0 spiro atoms. The van der Waals surface area contributed by atoms with Crippen LogP contribution in [0, 0.1) is 0 Å². The number of hydrogen-bond donors (Lipinski definition) is 2. The van der Waals surface area contributed by atoms with Gasteiger partial charge in [0.15, 0.2) is 0 Å². The molecule has 1 fully saturated rings. The third-order valence-electron chi connectivity index (χ3n) is 2.39. The predicted octanol–water partition coefficient (Wildman–Crippen LogP) is 0.490. The zero-order chi connectivity index (χ0) is 12.5. The lowest BCUT2D eigenvalue weighted by atomic mass is 10.4. The minimum Gasteiger partial charge on any atom is -0.337 e. The Morgan fingerprint density at radius 3 is 2.65 bits per heavy atom. The standard InChI is InChI=1S/C10H18ClN3O2S/c11-2-1-9(15)13-10(16)12-3-4-14-5-7-17-8-6-14/h1-8H2,(H2,12,13,15,16). The minimum absolute atomic E-state index is 0.165. The van der Waals surface area contributed by atoms with E-state index in [1.807, 2.05) is 11.8 Å². The van der Waals surface area contributed by atoms with Crippen LogP contribution in [-0.4, -0.2) is 60.4 Å². The third kappa shape index (κ3) is 6.75. The number of carbonyl (C=O) groups excluding carboxylic acids is 2. The second-order valence-corrected chi connectivity index (χ2v) is 5.30. The van der Waals surface area contributed by atoms with E-state index >= 15 is 0 Å². The molecule has 0 unspecified atom stereocenters. The van der Waals surface area contributed by atoms with Crippen molar-refractivity contribution in [2.75, 3.05) is 43.6 Å². The Morgan fingerprint density at radius 1 is 1.29 bits per heavy atom. The third-order valence-corrected chi connectivity index (χ3v) is 3.52. The number of amides is 3. The molecule has 0 atom stereocenters. The lowest BCUT2D eigenvalue weighted by Crippen LogP contribution is -2.44. The van der Waals surface area contributed by atoms with Crippen molar-refractivity contribution in [1.29, 1.82) is 0 Å². The average Bonchev–Trinajstić information content (AvgIpc) is 2.30. The fraction of sp³-hybridized carbons (Fsp3) is 0.800. The van der Waals surface area contributed by atoms with Crippen molar-refractivity contribution in [3.05, 3.63) is 0 Å². The average molecular weight is 280 g/mol. The summed E-state index contributed by atoms with van der Waals surface area (Å²) in [5, 5.41) is 4.88. The van der Waals surface area contributed by atoms with Crippen molar-refractivity contribution in [1.82, 2.24) is 15.5 Å². The number of imide groups is 1. The highest BCUT2D eigenvalue weighted by Crippen LogP contribution is 2.07. The largest absolute Gasteiger partial charge is 0.337 e. The van der Waals surface area contributed by atoms with Gasteiger partial charge < -0.3 is 5.32 Å². The fourth-order valence-corrected chi connectivity index (χ4v) is 2.62. The van der Waals surface area contributed by atoms with Crippen LogP contribution >= 0.6 is 23.4 Å². The molecule has 1 heterocycles. The summed E-state index contributed by atoms with van der Waals surface area (Å²) in [5.74, 6) is 2.19. The van der Waals surface area contributed by atoms with E-state index in [-0.39, 0.29) is 18.2 Å². The molecule has 5 nitrogen and oxygen atoms in total. The van der Waals surface area contributed by atoms with Gasteiger partial charge in [-0.05, 0) is 0 Å². The molecule has 0 aromatic rings. The van der Waals surface area contributed by atoms with E-state index in [0.29, 0.717) is 6.54 Å². The van der Waals surface area contributed by atoms with Gasteiger partial charge in [-0.15, -0.1) is 11.6 Å². The number of urea groups is 1. The Labute approximate surface area is 111 Å². The quantitative estimate of drug-likeness (QED) is 0.719. The number of hydrogen-bond acceptors (Lipinski definition) is 4. The molecule has 0 radical (unpaired) electrons. The Hall–Kier alpha value is -0.460. The molecule has 1 saturated heterocycles. The van der Waals surface area contributed by atoms with Crippen molar-refractivity contribution < 1.29 is 9.59 Å². The van der Waals surface area contributed by atoms with Crippen molar-refractivity contribution >= 4 is 35.3 Å². The van der Waals surface area contributed by atoms with Crippen LogP contribution in [0.25, 0.3) is 0 Å². The second kappa shape index (κ2) is 8.60. The molecule has 2 N–H and O–H groups in total. The normalized spacial score (nSPS) is 16.5. The Bertz CT molecular complexity index is 260. The van der Waals surface area contributed by atoms with Crippen LogP contribution in [0.3, 0.4) is 0 Å². The van der Waals surface area contributed by atoms with Crippen LogP contribution < -0.4 is 10.6 Å². The molecule has 0 aliphatic carbocycles. The first-order valence-electron chi connectivity index (χ1n) is 5.66. The summed E-state index contributed by atoms with van der Waals surface area (Å²) < 4.78 is 0. The molecule has 1 rings (SSSR count). The van der Waals surface area contributed by atoms with Gasteiger partial charge >= 0.3 is 6.03 Å². The molecule has 0 aromatic heterocycles. The summed E-state index contributed by atoms with van der Waals surface area (Å²) in [5.41, 5.74) is 0. The highest BCUT2D eigenvalue weighted by molar-refractivity contribution is 7.99. The molecule has 7 heteroatoms. The number of nitrogens with one attached hydrogen (secondary N) is 2. The zero-order valence-corrected chi connectivity index (χ0v) is 11.3.